The fourth-order valence-electron chi connectivity index (χ4n) is 3.20. The van der Waals surface area contributed by atoms with Gasteiger partial charge in [0.05, 0.1) is 21.3 Å². The number of carbonyl (C=O) groups is 3. The van der Waals surface area contributed by atoms with Crippen LogP contribution in [0.15, 0.2) is 54.2 Å². The van der Waals surface area contributed by atoms with Crippen molar-refractivity contribution in [2.45, 2.75) is 33.2 Å². The molecule has 2 aromatic carbocycles. The number of nitrogens with one attached hydrogen (secondary N) is 2. The number of carboxylic acids is 1. The lowest BCUT2D eigenvalue weighted by Gasteiger charge is -2.10. The van der Waals surface area contributed by atoms with Crippen molar-refractivity contribution < 1.29 is 24.6 Å². The van der Waals surface area contributed by atoms with Crippen LogP contribution in [0.3, 0.4) is 0 Å². The van der Waals surface area contributed by atoms with E-state index in [1.807, 2.05) is 13.8 Å². The number of nitrogens with zero attached hydrogens (tertiary/aromatic N) is 1. The van der Waals surface area contributed by atoms with Crippen molar-refractivity contribution in [2.75, 3.05) is 0 Å². The number of amides is 2. The molecule has 1 aromatic heterocycles. The number of carboxylic acid groups (broad SMARTS) is 1. The number of aliphatic carboxylic acids is 1. The standard InChI is InChI=1S/C25H24ClN3O5S/c1-3-22-28-14(2)21(35-22)10-9-20(25(33)34)29-24(32)18-8-7-16(12-19(18)26)23(31)27-13-15-5-4-6-17(30)11-15/h4-9,11-12,30H,3,10,13H2,1-2H3,(H,27,31)(H,29,32)(H,33,34)/b20-9-. The first kappa shape index (κ1) is 25.9. The van der Waals surface area contributed by atoms with Crippen molar-refractivity contribution in [3.8, 4) is 5.75 Å². The van der Waals surface area contributed by atoms with Gasteiger partial charge in [-0.2, -0.15) is 0 Å². The Morgan fingerprint density at radius 3 is 2.54 bits per heavy atom. The monoisotopic (exact) mass is 513 g/mol. The zero-order valence-electron chi connectivity index (χ0n) is 19.1. The highest BCUT2D eigenvalue weighted by molar-refractivity contribution is 7.11. The summed E-state index contributed by atoms with van der Waals surface area (Å²) in [6.07, 6.45) is 2.54. The van der Waals surface area contributed by atoms with Crippen molar-refractivity contribution >= 4 is 40.7 Å². The van der Waals surface area contributed by atoms with E-state index in [9.17, 15) is 24.6 Å². The predicted molar refractivity (Wildman–Crippen MR) is 134 cm³/mol. The number of thiazole rings is 1. The third-order valence-corrected chi connectivity index (χ3v) is 6.69. The molecule has 0 aliphatic rings. The highest BCUT2D eigenvalue weighted by atomic mass is 35.5. The van der Waals surface area contributed by atoms with Crippen molar-refractivity contribution in [3.05, 3.63) is 91.5 Å². The number of halogens is 1. The zero-order valence-corrected chi connectivity index (χ0v) is 20.7. The number of aromatic hydroxyl groups is 1. The fourth-order valence-corrected chi connectivity index (χ4v) is 4.43. The van der Waals surface area contributed by atoms with Gasteiger partial charge >= 0.3 is 5.97 Å². The maximum Gasteiger partial charge on any atom is 0.352 e. The molecule has 1 heterocycles. The molecule has 0 atom stereocenters. The molecule has 8 nitrogen and oxygen atoms in total. The van der Waals surface area contributed by atoms with E-state index in [2.05, 4.69) is 15.6 Å². The Morgan fingerprint density at radius 2 is 1.91 bits per heavy atom. The molecule has 0 spiro atoms. The van der Waals surface area contributed by atoms with Crippen LogP contribution in [0.2, 0.25) is 5.02 Å². The molecule has 10 heteroatoms. The lowest BCUT2D eigenvalue weighted by atomic mass is 10.1. The smallest absolute Gasteiger partial charge is 0.352 e. The summed E-state index contributed by atoms with van der Waals surface area (Å²) in [6, 6.07) is 10.6. The van der Waals surface area contributed by atoms with Gasteiger partial charge in [0.1, 0.15) is 11.4 Å². The number of phenols is 1. The van der Waals surface area contributed by atoms with E-state index in [1.54, 1.807) is 12.1 Å². The van der Waals surface area contributed by atoms with E-state index in [4.69, 9.17) is 11.6 Å². The molecule has 4 N–H and O–H groups in total. The summed E-state index contributed by atoms with van der Waals surface area (Å²) in [6.45, 7) is 4.05. The van der Waals surface area contributed by atoms with Crippen molar-refractivity contribution in [2.24, 2.45) is 0 Å². The van der Waals surface area contributed by atoms with Crippen molar-refractivity contribution in [1.29, 1.82) is 0 Å². The Kier molecular flexibility index (Phi) is 8.62. The van der Waals surface area contributed by atoms with Gasteiger partial charge in [-0.3, -0.25) is 9.59 Å². The van der Waals surface area contributed by atoms with Crippen LogP contribution in [0.25, 0.3) is 0 Å². The van der Waals surface area contributed by atoms with Crippen LogP contribution in [0.5, 0.6) is 5.75 Å². The Bertz CT molecular complexity index is 1300. The summed E-state index contributed by atoms with van der Waals surface area (Å²) < 4.78 is 0. The third-order valence-electron chi connectivity index (χ3n) is 5.05. The summed E-state index contributed by atoms with van der Waals surface area (Å²) in [5, 5.41) is 25.1. The highest BCUT2D eigenvalue weighted by Gasteiger charge is 2.18. The predicted octanol–water partition coefficient (Wildman–Crippen LogP) is 4.24. The van der Waals surface area contributed by atoms with Crippen LogP contribution >= 0.6 is 22.9 Å². The number of aromatic nitrogens is 1. The first-order chi connectivity index (χ1) is 16.7. The topological polar surface area (TPSA) is 129 Å². The summed E-state index contributed by atoms with van der Waals surface area (Å²) in [5.41, 5.74) is 1.54. The molecular formula is C25H24ClN3O5S. The number of aryl methyl sites for hydroxylation is 2. The zero-order chi connectivity index (χ0) is 25.5. The summed E-state index contributed by atoms with van der Waals surface area (Å²) >= 11 is 7.74. The fraction of sp³-hybridized carbons (Fsp3) is 0.200. The average molecular weight is 514 g/mol. The molecule has 0 aliphatic carbocycles. The second kappa shape index (κ2) is 11.6. The molecule has 0 radical (unpaired) electrons. The Labute approximate surface area is 211 Å². The van der Waals surface area contributed by atoms with Gasteiger partial charge < -0.3 is 20.8 Å². The van der Waals surface area contributed by atoms with Gasteiger partial charge in [0.25, 0.3) is 11.8 Å². The maximum absolute atomic E-state index is 12.7. The minimum atomic E-state index is -1.28. The van der Waals surface area contributed by atoms with Crippen molar-refractivity contribution in [1.82, 2.24) is 15.6 Å². The van der Waals surface area contributed by atoms with E-state index in [1.165, 1.54) is 47.7 Å². The molecule has 0 saturated carbocycles. The number of benzene rings is 2. The molecule has 3 rings (SSSR count). The van der Waals surface area contributed by atoms with Crippen molar-refractivity contribution in [3.63, 3.8) is 0 Å². The number of phenolic OH excluding ortho intramolecular Hbond substituents is 1. The molecule has 0 bridgehead atoms. The molecule has 2 amide bonds. The average Bonchev–Trinajstić information content (AvgIpc) is 3.19. The van der Waals surface area contributed by atoms with E-state index < -0.39 is 17.8 Å². The summed E-state index contributed by atoms with van der Waals surface area (Å²) in [4.78, 5) is 42.2. The molecular weight excluding hydrogens is 490 g/mol. The highest BCUT2D eigenvalue weighted by Crippen LogP contribution is 2.21. The Balaban J connectivity index is 1.68. The first-order valence-corrected chi connectivity index (χ1v) is 11.9. The molecule has 0 saturated heterocycles. The molecule has 35 heavy (non-hydrogen) atoms. The molecule has 182 valence electrons. The van der Waals surface area contributed by atoms with Crippen LogP contribution in [0.1, 0.15) is 48.8 Å². The number of hydrogen-bond donors (Lipinski definition) is 4. The van der Waals surface area contributed by atoms with Gasteiger partial charge in [-0.15, -0.1) is 11.3 Å². The van der Waals surface area contributed by atoms with Gasteiger partial charge in [-0.05, 0) is 55.3 Å². The van der Waals surface area contributed by atoms with Gasteiger partial charge in [-0.25, -0.2) is 9.78 Å². The number of allylic oxidation sites excluding steroid dienone is 1. The molecule has 3 aromatic rings. The van der Waals surface area contributed by atoms with Crippen LogP contribution < -0.4 is 10.6 Å². The largest absolute Gasteiger partial charge is 0.508 e. The minimum Gasteiger partial charge on any atom is -0.508 e. The van der Waals surface area contributed by atoms with E-state index in [0.29, 0.717) is 12.0 Å². The molecule has 0 fully saturated rings. The second-order valence-corrected chi connectivity index (χ2v) is 9.17. The van der Waals surface area contributed by atoms with Crippen LogP contribution in [-0.4, -0.2) is 33.0 Å². The number of rotatable bonds is 9. The number of hydrogen-bond acceptors (Lipinski definition) is 6. The first-order valence-electron chi connectivity index (χ1n) is 10.7. The summed E-state index contributed by atoms with van der Waals surface area (Å²) in [7, 11) is 0. The van der Waals surface area contributed by atoms with Crippen LogP contribution in [0, 0.1) is 6.92 Å². The Hall–Kier alpha value is -3.69. The Morgan fingerprint density at radius 1 is 1.14 bits per heavy atom. The van der Waals surface area contributed by atoms with Gasteiger partial charge in [-0.1, -0.05) is 30.7 Å². The lowest BCUT2D eigenvalue weighted by Crippen LogP contribution is -2.28. The summed E-state index contributed by atoms with van der Waals surface area (Å²) in [5.74, 6) is -2.31. The van der Waals surface area contributed by atoms with Gasteiger partial charge in [0.15, 0.2) is 0 Å². The normalized spacial score (nSPS) is 11.2. The van der Waals surface area contributed by atoms with E-state index in [-0.39, 0.29) is 34.1 Å². The van der Waals surface area contributed by atoms with E-state index >= 15 is 0 Å². The third kappa shape index (κ3) is 6.91. The maximum atomic E-state index is 12.7. The lowest BCUT2D eigenvalue weighted by molar-refractivity contribution is -0.133. The quantitative estimate of drug-likeness (QED) is 0.317. The molecule has 0 aliphatic heterocycles. The van der Waals surface area contributed by atoms with Crippen LogP contribution in [0.4, 0.5) is 0 Å². The van der Waals surface area contributed by atoms with E-state index in [0.717, 1.165) is 22.0 Å². The minimum absolute atomic E-state index is 0.00290. The van der Waals surface area contributed by atoms with Gasteiger partial charge in [0.2, 0.25) is 0 Å². The van der Waals surface area contributed by atoms with Crippen LogP contribution in [-0.2, 0) is 24.2 Å². The SMILES string of the molecule is CCc1nc(C)c(C/C=C(\NC(=O)c2ccc(C(=O)NCc3cccc(O)c3)cc2Cl)C(=O)O)s1. The second-order valence-electron chi connectivity index (χ2n) is 7.60. The van der Waals surface area contributed by atoms with Gasteiger partial charge in [0, 0.05) is 23.4 Å². The molecule has 0 unspecified atom stereocenters. The number of carbonyl (C=O) groups excluding carboxylic acids is 2.